The highest BCUT2D eigenvalue weighted by Gasteiger charge is 2.42. The molecule has 2 aromatic heterocycles. The second kappa shape index (κ2) is 6.72. The molecule has 4 heterocycles. The van der Waals surface area contributed by atoms with E-state index in [1.54, 1.807) is 24.5 Å². The van der Waals surface area contributed by atoms with Gasteiger partial charge in [0.2, 0.25) is 5.95 Å². The Bertz CT molecular complexity index is 742. The number of halogens is 1. The average Bonchev–Trinajstić information content (AvgIpc) is 3.06. The number of nitrogens with one attached hydrogen (secondary N) is 1. The molecule has 2 fully saturated rings. The molecule has 1 amide bonds. The van der Waals surface area contributed by atoms with E-state index in [2.05, 4.69) is 20.3 Å². The van der Waals surface area contributed by atoms with Crippen LogP contribution in [0.3, 0.4) is 0 Å². The Morgan fingerprint density at radius 3 is 2.92 bits per heavy atom. The first-order valence-electron chi connectivity index (χ1n) is 8.28. The summed E-state index contributed by atoms with van der Waals surface area (Å²) in [6, 6.07) is 3.56. The van der Waals surface area contributed by atoms with E-state index in [1.165, 1.54) is 0 Å². The summed E-state index contributed by atoms with van der Waals surface area (Å²) in [5.41, 5.74) is 0.660. The summed E-state index contributed by atoms with van der Waals surface area (Å²) >= 11 is 0. The van der Waals surface area contributed by atoms with Crippen LogP contribution in [0.4, 0.5) is 16.0 Å². The zero-order chi connectivity index (χ0) is 17.2. The second-order valence-electron chi connectivity index (χ2n) is 6.33. The van der Waals surface area contributed by atoms with Gasteiger partial charge in [-0.25, -0.2) is 14.4 Å². The topological polar surface area (TPSA) is 80.2 Å². The molecule has 8 heteroatoms. The Morgan fingerprint density at radius 2 is 2.16 bits per heavy atom. The maximum Gasteiger partial charge on any atom is 0.253 e. The minimum absolute atomic E-state index is 0.0490. The fraction of sp³-hybridized carbons (Fsp3) is 0.412. The van der Waals surface area contributed by atoms with Gasteiger partial charge in [0.25, 0.3) is 5.91 Å². The van der Waals surface area contributed by atoms with E-state index in [0.717, 1.165) is 25.4 Å². The van der Waals surface area contributed by atoms with Crippen molar-refractivity contribution in [3.63, 3.8) is 0 Å². The summed E-state index contributed by atoms with van der Waals surface area (Å²) in [5, 5.41) is 2.84. The van der Waals surface area contributed by atoms with Gasteiger partial charge < -0.3 is 15.0 Å². The molecule has 0 bridgehead atoms. The van der Waals surface area contributed by atoms with Gasteiger partial charge in [-0.05, 0) is 30.9 Å². The zero-order valence-corrected chi connectivity index (χ0v) is 13.5. The summed E-state index contributed by atoms with van der Waals surface area (Å²) in [7, 11) is 0. The minimum atomic E-state index is -0.468. The van der Waals surface area contributed by atoms with Gasteiger partial charge in [0, 0.05) is 19.3 Å². The SMILES string of the molecule is O=C(Nc1cccnc1)[C@@H]1C[C@@H]2CCN(c3ncc(F)cn3)C[C@@H]2O1. The van der Waals surface area contributed by atoms with Gasteiger partial charge in [0.15, 0.2) is 5.82 Å². The molecule has 7 nitrogen and oxygen atoms in total. The molecule has 2 saturated heterocycles. The van der Waals surface area contributed by atoms with Gasteiger partial charge in [-0.15, -0.1) is 0 Å². The number of carbonyl (C=O) groups excluding carboxylic acids is 1. The van der Waals surface area contributed by atoms with Crippen molar-refractivity contribution in [1.29, 1.82) is 0 Å². The first-order chi connectivity index (χ1) is 12.2. The minimum Gasteiger partial charge on any atom is -0.363 e. The van der Waals surface area contributed by atoms with Gasteiger partial charge in [0.05, 0.1) is 30.4 Å². The first kappa shape index (κ1) is 15.9. The van der Waals surface area contributed by atoms with Crippen LogP contribution < -0.4 is 10.2 Å². The standard InChI is InChI=1S/C17H18FN5O2/c18-12-7-20-17(21-8-12)23-5-3-11-6-14(25-15(11)10-23)16(24)22-13-2-1-4-19-9-13/h1-2,4,7-9,11,14-15H,3,5-6,10H2,(H,22,24)/t11-,14-,15-/m0/s1. The zero-order valence-electron chi connectivity index (χ0n) is 13.5. The number of nitrogens with zero attached hydrogens (tertiary/aromatic N) is 4. The van der Waals surface area contributed by atoms with Crippen molar-refractivity contribution in [1.82, 2.24) is 15.0 Å². The number of piperidine rings is 1. The molecule has 1 N–H and O–H groups in total. The lowest BCUT2D eigenvalue weighted by atomic mass is 9.92. The molecule has 4 rings (SSSR count). The molecule has 0 aliphatic carbocycles. The Kier molecular flexibility index (Phi) is 4.27. The summed E-state index contributed by atoms with van der Waals surface area (Å²) in [6.07, 6.45) is 6.66. The van der Waals surface area contributed by atoms with Crippen molar-refractivity contribution in [2.24, 2.45) is 5.92 Å². The van der Waals surface area contributed by atoms with Crippen molar-refractivity contribution in [2.75, 3.05) is 23.3 Å². The number of anilines is 2. The third-order valence-electron chi connectivity index (χ3n) is 4.66. The Balaban J connectivity index is 1.38. The molecule has 2 aliphatic rings. The monoisotopic (exact) mass is 343 g/mol. The van der Waals surface area contributed by atoms with E-state index in [-0.39, 0.29) is 12.0 Å². The van der Waals surface area contributed by atoms with Gasteiger partial charge in [-0.1, -0.05) is 0 Å². The maximum atomic E-state index is 13.0. The number of fused-ring (bicyclic) bond motifs is 1. The van der Waals surface area contributed by atoms with Crippen LogP contribution in [0.2, 0.25) is 0 Å². The molecule has 0 aromatic carbocycles. The molecule has 130 valence electrons. The number of aromatic nitrogens is 3. The van der Waals surface area contributed by atoms with Crippen molar-refractivity contribution in [3.05, 3.63) is 42.7 Å². The van der Waals surface area contributed by atoms with Gasteiger partial charge >= 0.3 is 0 Å². The quantitative estimate of drug-likeness (QED) is 0.912. The van der Waals surface area contributed by atoms with Crippen LogP contribution in [-0.2, 0) is 9.53 Å². The van der Waals surface area contributed by atoms with Crippen molar-refractivity contribution < 1.29 is 13.9 Å². The van der Waals surface area contributed by atoms with E-state index >= 15 is 0 Å². The Labute approximate surface area is 144 Å². The van der Waals surface area contributed by atoms with Crippen LogP contribution in [0.5, 0.6) is 0 Å². The molecule has 0 saturated carbocycles. The number of carbonyl (C=O) groups is 1. The number of ether oxygens (including phenoxy) is 1. The highest BCUT2D eigenvalue weighted by molar-refractivity contribution is 5.94. The number of hydrogen-bond donors (Lipinski definition) is 1. The van der Waals surface area contributed by atoms with E-state index in [4.69, 9.17) is 4.74 Å². The molecule has 25 heavy (non-hydrogen) atoms. The molecular formula is C17H18FN5O2. The number of pyridine rings is 1. The first-order valence-corrected chi connectivity index (χ1v) is 8.28. The lowest BCUT2D eigenvalue weighted by Crippen LogP contribution is -2.43. The smallest absolute Gasteiger partial charge is 0.253 e. The second-order valence-corrected chi connectivity index (χ2v) is 6.33. The molecule has 3 atom stereocenters. The normalized spacial score (nSPS) is 25.5. The molecular weight excluding hydrogens is 325 g/mol. The third kappa shape index (κ3) is 3.43. The number of hydrogen-bond acceptors (Lipinski definition) is 6. The maximum absolute atomic E-state index is 13.0. The van der Waals surface area contributed by atoms with Gasteiger partial charge in [-0.3, -0.25) is 9.78 Å². The van der Waals surface area contributed by atoms with E-state index in [1.807, 2.05) is 4.90 Å². The average molecular weight is 343 g/mol. The molecule has 2 aromatic rings. The predicted octanol–water partition coefficient (Wildman–Crippen LogP) is 1.63. The van der Waals surface area contributed by atoms with Crippen LogP contribution >= 0.6 is 0 Å². The third-order valence-corrected chi connectivity index (χ3v) is 4.66. The molecule has 0 unspecified atom stereocenters. The van der Waals surface area contributed by atoms with Gasteiger partial charge in [0.1, 0.15) is 6.10 Å². The van der Waals surface area contributed by atoms with Crippen LogP contribution in [0.25, 0.3) is 0 Å². The summed E-state index contributed by atoms with van der Waals surface area (Å²) < 4.78 is 18.9. The highest BCUT2D eigenvalue weighted by atomic mass is 19.1. The largest absolute Gasteiger partial charge is 0.363 e. The van der Waals surface area contributed by atoms with Crippen LogP contribution in [0.1, 0.15) is 12.8 Å². The van der Waals surface area contributed by atoms with Crippen LogP contribution in [-0.4, -0.2) is 46.2 Å². The van der Waals surface area contributed by atoms with Crippen molar-refractivity contribution >= 4 is 17.5 Å². The lowest BCUT2D eigenvalue weighted by molar-refractivity contribution is -0.126. The van der Waals surface area contributed by atoms with E-state index < -0.39 is 11.9 Å². The van der Waals surface area contributed by atoms with Crippen molar-refractivity contribution in [3.8, 4) is 0 Å². The van der Waals surface area contributed by atoms with Crippen LogP contribution in [0, 0.1) is 11.7 Å². The van der Waals surface area contributed by atoms with Gasteiger partial charge in [-0.2, -0.15) is 0 Å². The summed E-state index contributed by atoms with van der Waals surface area (Å²) in [6.45, 7) is 1.38. The number of rotatable bonds is 3. The fourth-order valence-corrected chi connectivity index (χ4v) is 3.41. The highest BCUT2D eigenvalue weighted by Crippen LogP contribution is 2.34. The Morgan fingerprint density at radius 1 is 1.32 bits per heavy atom. The molecule has 0 radical (unpaired) electrons. The van der Waals surface area contributed by atoms with Crippen molar-refractivity contribution in [2.45, 2.75) is 25.0 Å². The number of amides is 1. The van der Waals surface area contributed by atoms with E-state index in [0.29, 0.717) is 30.5 Å². The summed E-state index contributed by atoms with van der Waals surface area (Å²) in [5.74, 6) is 0.225. The molecule has 0 spiro atoms. The van der Waals surface area contributed by atoms with Crippen LogP contribution in [0.15, 0.2) is 36.9 Å². The predicted molar refractivity (Wildman–Crippen MR) is 88.5 cm³/mol. The lowest BCUT2D eigenvalue weighted by Gasteiger charge is -2.33. The fourth-order valence-electron chi connectivity index (χ4n) is 3.41. The Hall–Kier alpha value is -2.61. The summed E-state index contributed by atoms with van der Waals surface area (Å²) in [4.78, 5) is 26.4. The van der Waals surface area contributed by atoms with E-state index in [9.17, 15) is 9.18 Å². The molecule has 2 aliphatic heterocycles.